The fourth-order valence-corrected chi connectivity index (χ4v) is 2.23. The lowest BCUT2D eigenvalue weighted by Gasteiger charge is -2.06. The van der Waals surface area contributed by atoms with Crippen molar-refractivity contribution in [1.82, 2.24) is 0 Å². The van der Waals surface area contributed by atoms with Crippen LogP contribution in [-0.4, -0.2) is 6.26 Å². The van der Waals surface area contributed by atoms with Gasteiger partial charge in [-0.2, -0.15) is 10.5 Å². The zero-order valence-electron chi connectivity index (χ0n) is 11.5. The van der Waals surface area contributed by atoms with Crippen molar-refractivity contribution in [1.29, 1.82) is 10.5 Å². The summed E-state index contributed by atoms with van der Waals surface area (Å²) in [4.78, 5) is 1.23. The number of nitrogens with zero attached hydrogens (tertiary/aromatic N) is 2. The number of nitriles is 2. The van der Waals surface area contributed by atoms with Crippen molar-refractivity contribution >= 4 is 17.4 Å². The first kappa shape index (κ1) is 14.7. The van der Waals surface area contributed by atoms with Crippen LogP contribution in [0.25, 0.3) is 11.1 Å². The Morgan fingerprint density at radius 3 is 2.38 bits per heavy atom. The molecule has 0 aromatic heterocycles. The van der Waals surface area contributed by atoms with Gasteiger partial charge in [0, 0.05) is 16.8 Å². The van der Waals surface area contributed by atoms with E-state index in [0.29, 0.717) is 0 Å². The highest BCUT2D eigenvalue weighted by molar-refractivity contribution is 7.98. The second kappa shape index (κ2) is 7.19. The van der Waals surface area contributed by atoms with Gasteiger partial charge >= 0.3 is 0 Å². The summed E-state index contributed by atoms with van der Waals surface area (Å²) in [5.74, 6) is 0. The Labute approximate surface area is 128 Å². The van der Waals surface area contributed by atoms with Crippen LogP contribution in [0.4, 0.5) is 5.69 Å². The lowest BCUT2D eigenvalue weighted by atomic mass is 10.1. The molecule has 1 N–H and O–H groups in total. The molecule has 2 aromatic rings. The topological polar surface area (TPSA) is 59.6 Å². The van der Waals surface area contributed by atoms with Crippen molar-refractivity contribution in [2.24, 2.45) is 0 Å². The fraction of sp³-hybridized carbons (Fsp3) is 0.0588. The molecule has 0 fully saturated rings. The second-order valence-corrected chi connectivity index (χ2v) is 5.11. The highest BCUT2D eigenvalue weighted by Crippen LogP contribution is 2.25. The molecule has 0 aliphatic carbocycles. The Hall–Kier alpha value is -2.69. The van der Waals surface area contributed by atoms with E-state index in [0.717, 1.165) is 16.8 Å². The van der Waals surface area contributed by atoms with Gasteiger partial charge in [-0.15, -0.1) is 11.8 Å². The van der Waals surface area contributed by atoms with Crippen LogP contribution >= 0.6 is 11.8 Å². The number of benzene rings is 2. The van der Waals surface area contributed by atoms with E-state index < -0.39 is 0 Å². The minimum Gasteiger partial charge on any atom is -0.360 e. The molecule has 4 heteroatoms. The van der Waals surface area contributed by atoms with E-state index in [4.69, 9.17) is 10.5 Å². The smallest absolute Gasteiger partial charge is 0.145 e. The molecule has 0 saturated carbocycles. The van der Waals surface area contributed by atoms with E-state index in [9.17, 15) is 0 Å². The summed E-state index contributed by atoms with van der Waals surface area (Å²) in [7, 11) is 0. The predicted octanol–water partition coefficient (Wildman–Crippen LogP) is 4.42. The van der Waals surface area contributed by atoms with Crippen molar-refractivity contribution in [3.8, 4) is 23.3 Å². The van der Waals surface area contributed by atoms with E-state index in [1.54, 1.807) is 11.8 Å². The van der Waals surface area contributed by atoms with E-state index in [2.05, 4.69) is 29.6 Å². The molecule has 3 nitrogen and oxygen atoms in total. The fourth-order valence-electron chi connectivity index (χ4n) is 1.82. The Kier molecular flexibility index (Phi) is 5.04. The molecule has 0 amide bonds. The molecule has 2 aromatic carbocycles. The number of anilines is 1. The minimum absolute atomic E-state index is 0.0460. The highest BCUT2D eigenvalue weighted by atomic mass is 32.2. The normalized spacial score (nSPS) is 9.29. The van der Waals surface area contributed by atoms with Gasteiger partial charge in [0.1, 0.15) is 17.7 Å². The molecule has 0 aliphatic rings. The number of hydrogen-bond donors (Lipinski definition) is 1. The van der Waals surface area contributed by atoms with Gasteiger partial charge in [-0.1, -0.05) is 24.3 Å². The highest BCUT2D eigenvalue weighted by Gasteiger charge is 2.00. The Balaban J connectivity index is 2.23. The van der Waals surface area contributed by atoms with Crippen LogP contribution in [0.3, 0.4) is 0 Å². The van der Waals surface area contributed by atoms with Crippen molar-refractivity contribution < 1.29 is 0 Å². The SMILES string of the molecule is CSc1ccc(-c2cccc(NC=C(C#N)C#N)c2)cc1. The molecule has 0 saturated heterocycles. The van der Waals surface area contributed by atoms with Gasteiger partial charge in [-0.3, -0.25) is 0 Å². The van der Waals surface area contributed by atoms with E-state index in [-0.39, 0.29) is 5.57 Å². The van der Waals surface area contributed by atoms with E-state index in [1.165, 1.54) is 11.1 Å². The average Bonchev–Trinajstić information content (AvgIpc) is 2.56. The van der Waals surface area contributed by atoms with Gasteiger partial charge in [0.05, 0.1) is 0 Å². The Bertz CT molecular complexity index is 718. The number of allylic oxidation sites excluding steroid dienone is 1. The average molecular weight is 291 g/mol. The minimum atomic E-state index is 0.0460. The third-order valence-electron chi connectivity index (χ3n) is 2.91. The molecule has 0 radical (unpaired) electrons. The standard InChI is InChI=1S/C17H13N3S/c1-21-17-7-5-14(6-8-17)15-3-2-4-16(9-15)20-12-13(10-18)11-19/h2-9,12,20H,1H3. The van der Waals surface area contributed by atoms with E-state index >= 15 is 0 Å². The summed E-state index contributed by atoms with van der Waals surface area (Å²) in [6.07, 6.45) is 3.46. The van der Waals surface area contributed by atoms with Crippen molar-refractivity contribution in [2.75, 3.05) is 11.6 Å². The van der Waals surface area contributed by atoms with Crippen LogP contribution in [0.1, 0.15) is 0 Å². The van der Waals surface area contributed by atoms with Crippen molar-refractivity contribution in [2.45, 2.75) is 4.90 Å². The molecule has 0 bridgehead atoms. The van der Waals surface area contributed by atoms with Gasteiger partial charge in [0.25, 0.3) is 0 Å². The molecule has 0 heterocycles. The van der Waals surface area contributed by atoms with Crippen molar-refractivity contribution in [3.63, 3.8) is 0 Å². The molecule has 0 unspecified atom stereocenters. The molecule has 102 valence electrons. The summed E-state index contributed by atoms with van der Waals surface area (Å²) in [6, 6.07) is 19.8. The molecule has 0 aliphatic heterocycles. The molecule has 0 spiro atoms. The lowest BCUT2D eigenvalue weighted by molar-refractivity contribution is 1.44. The molecular formula is C17H13N3S. The van der Waals surface area contributed by atoms with Gasteiger partial charge < -0.3 is 5.32 Å². The summed E-state index contributed by atoms with van der Waals surface area (Å²) < 4.78 is 0. The van der Waals surface area contributed by atoms with E-state index in [1.807, 2.05) is 42.7 Å². The number of rotatable bonds is 4. The summed E-state index contributed by atoms with van der Waals surface area (Å²) in [5.41, 5.74) is 3.09. The van der Waals surface area contributed by atoms with Gasteiger partial charge in [0.15, 0.2) is 0 Å². The zero-order chi connectivity index (χ0) is 15.1. The molecular weight excluding hydrogens is 278 g/mol. The Morgan fingerprint density at radius 1 is 1.05 bits per heavy atom. The largest absolute Gasteiger partial charge is 0.360 e. The van der Waals surface area contributed by atoms with Gasteiger partial charge in [-0.05, 0) is 41.6 Å². The quantitative estimate of drug-likeness (QED) is 0.669. The molecule has 21 heavy (non-hydrogen) atoms. The number of thioether (sulfide) groups is 1. The van der Waals surface area contributed by atoms with Crippen LogP contribution in [-0.2, 0) is 0 Å². The van der Waals surface area contributed by atoms with Crippen LogP contribution in [0.2, 0.25) is 0 Å². The van der Waals surface area contributed by atoms with Crippen LogP contribution in [0.5, 0.6) is 0 Å². The second-order valence-electron chi connectivity index (χ2n) is 4.24. The Morgan fingerprint density at radius 2 is 1.76 bits per heavy atom. The number of hydrogen-bond acceptors (Lipinski definition) is 4. The monoisotopic (exact) mass is 291 g/mol. The van der Waals surface area contributed by atoms with Crippen LogP contribution in [0, 0.1) is 22.7 Å². The van der Waals surface area contributed by atoms with Gasteiger partial charge in [0.2, 0.25) is 0 Å². The zero-order valence-corrected chi connectivity index (χ0v) is 12.3. The maximum absolute atomic E-state index is 8.70. The summed E-state index contributed by atoms with van der Waals surface area (Å²) >= 11 is 1.71. The number of nitrogens with one attached hydrogen (secondary N) is 1. The first-order chi connectivity index (χ1) is 10.3. The summed E-state index contributed by atoms with van der Waals surface area (Å²) in [6.45, 7) is 0. The maximum Gasteiger partial charge on any atom is 0.145 e. The summed E-state index contributed by atoms with van der Waals surface area (Å²) in [5, 5.41) is 20.4. The lowest BCUT2D eigenvalue weighted by Crippen LogP contribution is -1.90. The van der Waals surface area contributed by atoms with Crippen LogP contribution in [0.15, 0.2) is 65.2 Å². The third-order valence-corrected chi connectivity index (χ3v) is 3.65. The molecule has 0 atom stereocenters. The predicted molar refractivity (Wildman–Crippen MR) is 86.6 cm³/mol. The third kappa shape index (κ3) is 3.89. The molecule has 2 rings (SSSR count). The maximum atomic E-state index is 8.70. The van der Waals surface area contributed by atoms with Gasteiger partial charge in [-0.25, -0.2) is 0 Å². The first-order valence-corrected chi connectivity index (χ1v) is 7.50. The first-order valence-electron chi connectivity index (χ1n) is 6.28. The van der Waals surface area contributed by atoms with Crippen molar-refractivity contribution in [3.05, 3.63) is 60.3 Å². The van der Waals surface area contributed by atoms with Crippen LogP contribution < -0.4 is 5.32 Å².